The monoisotopic (exact) mass is 260 g/mol. The molecule has 1 aliphatic rings. The Hall–Kier alpha value is -1.37. The van der Waals surface area contributed by atoms with Crippen LogP contribution in [0.15, 0.2) is 0 Å². The van der Waals surface area contributed by atoms with Crippen LogP contribution in [0.5, 0.6) is 0 Å². The van der Waals surface area contributed by atoms with E-state index in [1.54, 1.807) is 0 Å². The van der Waals surface area contributed by atoms with Gasteiger partial charge >= 0.3 is 12.1 Å². The molecule has 0 aromatic rings. The Labute approximate surface area is 105 Å². The van der Waals surface area contributed by atoms with Crippen molar-refractivity contribution >= 4 is 29.4 Å². The van der Waals surface area contributed by atoms with Gasteiger partial charge in [0.25, 0.3) is 0 Å². The summed E-state index contributed by atoms with van der Waals surface area (Å²) >= 11 is 5.05. The fourth-order valence-corrected chi connectivity index (χ4v) is 1.97. The van der Waals surface area contributed by atoms with Crippen molar-refractivity contribution in [3.05, 3.63) is 0 Å². The van der Waals surface area contributed by atoms with E-state index in [0.29, 0.717) is 31.0 Å². The van der Waals surface area contributed by atoms with Gasteiger partial charge in [0.1, 0.15) is 0 Å². The van der Waals surface area contributed by atoms with Gasteiger partial charge in [0, 0.05) is 13.1 Å². The Morgan fingerprint density at radius 3 is 2.29 bits per heavy atom. The maximum absolute atomic E-state index is 11.3. The third-order valence-corrected chi connectivity index (χ3v) is 3.07. The molecule has 17 heavy (non-hydrogen) atoms. The molecule has 1 aliphatic heterocycles. The van der Waals surface area contributed by atoms with E-state index in [-0.39, 0.29) is 11.9 Å². The third kappa shape index (κ3) is 3.85. The zero-order valence-corrected chi connectivity index (χ0v) is 10.7. The van der Waals surface area contributed by atoms with Crippen molar-refractivity contribution in [2.45, 2.75) is 12.8 Å². The summed E-state index contributed by atoms with van der Waals surface area (Å²) in [5.41, 5.74) is 0. The van der Waals surface area contributed by atoms with E-state index in [1.165, 1.54) is 14.2 Å². The molecule has 0 aromatic carbocycles. The molecule has 1 saturated heterocycles. The Morgan fingerprint density at radius 2 is 1.82 bits per heavy atom. The van der Waals surface area contributed by atoms with Gasteiger partial charge in [0.15, 0.2) is 5.11 Å². The summed E-state index contributed by atoms with van der Waals surface area (Å²) in [6.07, 6.45) is 0.774. The molecule has 96 valence electrons. The van der Waals surface area contributed by atoms with Crippen molar-refractivity contribution in [2.24, 2.45) is 5.92 Å². The molecule has 0 bridgehead atoms. The maximum atomic E-state index is 11.3. The number of ether oxygens (including phenoxy) is 2. The number of methoxy groups -OCH3 is 2. The van der Waals surface area contributed by atoms with Gasteiger partial charge in [-0.25, -0.2) is 4.79 Å². The smallest absolute Gasteiger partial charge is 0.413 e. The van der Waals surface area contributed by atoms with E-state index >= 15 is 0 Å². The number of thiocarbonyl (C=S) groups is 1. The van der Waals surface area contributed by atoms with Crippen LogP contribution >= 0.6 is 12.2 Å². The summed E-state index contributed by atoms with van der Waals surface area (Å²) in [6, 6.07) is 0. The van der Waals surface area contributed by atoms with Crippen LogP contribution in [0.3, 0.4) is 0 Å². The van der Waals surface area contributed by atoms with E-state index in [4.69, 9.17) is 12.2 Å². The van der Waals surface area contributed by atoms with Gasteiger partial charge < -0.3 is 14.4 Å². The van der Waals surface area contributed by atoms with Crippen molar-refractivity contribution in [1.29, 1.82) is 0 Å². The highest BCUT2D eigenvalue weighted by Crippen LogP contribution is 2.18. The lowest BCUT2D eigenvalue weighted by molar-refractivity contribution is -0.146. The summed E-state index contributed by atoms with van der Waals surface area (Å²) in [4.78, 5) is 24.1. The molecule has 0 atom stereocenters. The third-order valence-electron chi connectivity index (χ3n) is 2.71. The van der Waals surface area contributed by atoms with E-state index in [1.807, 2.05) is 4.90 Å². The molecule has 1 fully saturated rings. The highest BCUT2D eigenvalue weighted by Gasteiger charge is 2.27. The highest BCUT2D eigenvalue weighted by atomic mass is 32.1. The largest absolute Gasteiger partial charge is 0.469 e. The quantitative estimate of drug-likeness (QED) is 0.547. The number of esters is 1. The molecule has 0 unspecified atom stereocenters. The van der Waals surface area contributed by atoms with Crippen LogP contribution in [0.4, 0.5) is 4.79 Å². The first-order chi connectivity index (χ1) is 8.08. The number of amides is 1. The maximum Gasteiger partial charge on any atom is 0.413 e. The lowest BCUT2D eigenvalue weighted by Crippen LogP contribution is -2.47. The van der Waals surface area contributed by atoms with Crippen LogP contribution in [0.1, 0.15) is 12.8 Å². The average Bonchev–Trinajstić information content (AvgIpc) is 2.37. The summed E-state index contributed by atoms with van der Waals surface area (Å²) < 4.78 is 9.14. The first-order valence-corrected chi connectivity index (χ1v) is 5.71. The van der Waals surface area contributed by atoms with Gasteiger partial charge in [0.05, 0.1) is 20.1 Å². The number of likely N-dealkylation sites (tertiary alicyclic amines) is 1. The number of carbonyl (C=O) groups excluding carboxylic acids is 2. The number of hydrogen-bond donors (Lipinski definition) is 1. The van der Waals surface area contributed by atoms with Gasteiger partial charge in [-0.1, -0.05) is 0 Å². The topological polar surface area (TPSA) is 67.9 Å². The predicted molar refractivity (Wildman–Crippen MR) is 64.5 cm³/mol. The Kier molecular flexibility index (Phi) is 5.14. The first-order valence-electron chi connectivity index (χ1n) is 5.30. The second-order valence-electron chi connectivity index (χ2n) is 3.71. The molecule has 0 aliphatic carbocycles. The average molecular weight is 260 g/mol. The Balaban J connectivity index is 2.38. The molecule has 6 nitrogen and oxygen atoms in total. The van der Waals surface area contributed by atoms with E-state index in [0.717, 1.165) is 0 Å². The molecule has 1 rings (SSSR count). The number of hydrogen-bond acceptors (Lipinski definition) is 5. The van der Waals surface area contributed by atoms with Gasteiger partial charge in [-0.2, -0.15) is 0 Å². The van der Waals surface area contributed by atoms with Gasteiger partial charge in [-0.05, 0) is 25.1 Å². The Morgan fingerprint density at radius 1 is 1.24 bits per heavy atom. The van der Waals surface area contributed by atoms with Crippen LogP contribution in [-0.4, -0.2) is 49.4 Å². The number of nitrogens with zero attached hydrogens (tertiary/aromatic N) is 1. The molecule has 1 heterocycles. The number of carbonyl (C=O) groups is 2. The predicted octanol–water partition coefficient (Wildman–Crippen LogP) is 0.512. The van der Waals surface area contributed by atoms with Crippen LogP contribution < -0.4 is 5.32 Å². The van der Waals surface area contributed by atoms with Crippen molar-refractivity contribution in [3.63, 3.8) is 0 Å². The number of alkyl carbamates (subject to hydrolysis) is 1. The molecule has 1 N–H and O–H groups in total. The van der Waals surface area contributed by atoms with Crippen LogP contribution in [-0.2, 0) is 14.3 Å². The summed E-state index contributed by atoms with van der Waals surface area (Å²) in [5.74, 6) is -0.256. The fourth-order valence-electron chi connectivity index (χ4n) is 1.70. The lowest BCUT2D eigenvalue weighted by atomic mass is 9.97. The van der Waals surface area contributed by atoms with Crippen molar-refractivity contribution in [2.75, 3.05) is 27.3 Å². The molecule has 0 radical (unpaired) electrons. The van der Waals surface area contributed by atoms with Gasteiger partial charge in [-0.3, -0.25) is 10.1 Å². The standard InChI is InChI=1S/C10H16N2O4S/c1-15-8(13)7-3-5-12(6-4-7)9(17)11-10(14)16-2/h7H,3-6H2,1-2H3,(H,11,14,17). The van der Waals surface area contributed by atoms with Crippen LogP contribution in [0.25, 0.3) is 0 Å². The van der Waals surface area contributed by atoms with E-state index in [2.05, 4.69) is 14.8 Å². The normalized spacial score (nSPS) is 16.2. The molecule has 0 aromatic heterocycles. The van der Waals surface area contributed by atoms with Crippen LogP contribution in [0.2, 0.25) is 0 Å². The second-order valence-corrected chi connectivity index (χ2v) is 4.09. The minimum atomic E-state index is -0.579. The number of piperidine rings is 1. The second kappa shape index (κ2) is 6.39. The molecule has 0 saturated carbocycles. The summed E-state index contributed by atoms with van der Waals surface area (Å²) in [5, 5.41) is 2.77. The highest BCUT2D eigenvalue weighted by molar-refractivity contribution is 7.80. The SMILES string of the molecule is COC(=O)NC(=S)N1CCC(C(=O)OC)CC1. The van der Waals surface area contributed by atoms with Gasteiger partial charge in [-0.15, -0.1) is 0 Å². The van der Waals surface area contributed by atoms with E-state index < -0.39 is 6.09 Å². The minimum absolute atomic E-state index is 0.0721. The molecular weight excluding hydrogens is 244 g/mol. The first kappa shape index (κ1) is 13.7. The molecule has 0 spiro atoms. The van der Waals surface area contributed by atoms with Crippen LogP contribution in [0, 0.1) is 5.92 Å². The summed E-state index contributed by atoms with van der Waals surface area (Å²) in [7, 11) is 2.67. The van der Waals surface area contributed by atoms with Crippen molar-refractivity contribution in [1.82, 2.24) is 10.2 Å². The Bertz CT molecular complexity index is 313. The lowest BCUT2D eigenvalue weighted by Gasteiger charge is -2.32. The van der Waals surface area contributed by atoms with Gasteiger partial charge in [0.2, 0.25) is 0 Å². The zero-order chi connectivity index (χ0) is 12.8. The minimum Gasteiger partial charge on any atom is -0.469 e. The van der Waals surface area contributed by atoms with Crippen molar-refractivity contribution in [3.8, 4) is 0 Å². The fraction of sp³-hybridized carbons (Fsp3) is 0.700. The molecular formula is C10H16N2O4S. The zero-order valence-electron chi connectivity index (χ0n) is 9.89. The van der Waals surface area contributed by atoms with Crippen molar-refractivity contribution < 1.29 is 19.1 Å². The molecule has 7 heteroatoms. The van der Waals surface area contributed by atoms with E-state index in [9.17, 15) is 9.59 Å². The summed E-state index contributed by atoms with van der Waals surface area (Å²) in [6.45, 7) is 1.26. The number of nitrogens with one attached hydrogen (secondary N) is 1. The molecule has 1 amide bonds. The number of rotatable bonds is 1.